The molecule has 2 fully saturated rings. The molecular weight excluding hydrogens is 292 g/mol. The lowest BCUT2D eigenvalue weighted by molar-refractivity contribution is -0.136. The van der Waals surface area contributed by atoms with Crippen molar-refractivity contribution in [2.24, 2.45) is 11.8 Å². The van der Waals surface area contributed by atoms with Crippen molar-refractivity contribution in [3.8, 4) is 0 Å². The van der Waals surface area contributed by atoms with E-state index in [1.165, 1.54) is 0 Å². The van der Waals surface area contributed by atoms with E-state index in [0.717, 1.165) is 0 Å². The number of rotatable bonds is 4. The van der Waals surface area contributed by atoms with E-state index in [-0.39, 0.29) is 41.7 Å². The maximum absolute atomic E-state index is 12.5. The van der Waals surface area contributed by atoms with Crippen LogP contribution in [-0.4, -0.2) is 67.7 Å². The molecule has 0 N–H and O–H groups in total. The van der Waals surface area contributed by atoms with Crippen LogP contribution >= 0.6 is 0 Å². The minimum Gasteiger partial charge on any atom is -0.342 e. The number of carbonyl (C=O) groups excluding carboxylic acids is 2. The first kappa shape index (κ1) is 16.3. The van der Waals surface area contributed by atoms with Crippen LogP contribution in [0.4, 0.5) is 0 Å². The van der Waals surface area contributed by atoms with Gasteiger partial charge < -0.3 is 9.80 Å². The Kier molecular flexibility index (Phi) is 4.60. The number of amides is 2. The molecule has 0 spiro atoms. The maximum atomic E-state index is 12.5. The van der Waals surface area contributed by atoms with E-state index < -0.39 is 9.84 Å². The Morgan fingerprint density at radius 3 is 2.62 bits per heavy atom. The molecule has 0 aromatic heterocycles. The van der Waals surface area contributed by atoms with Crippen LogP contribution in [0.5, 0.6) is 0 Å². The lowest BCUT2D eigenvalue weighted by Crippen LogP contribution is -2.42. The van der Waals surface area contributed by atoms with Gasteiger partial charge in [0.2, 0.25) is 11.8 Å². The molecular formula is C14H24N2O4S. The van der Waals surface area contributed by atoms with Crippen molar-refractivity contribution in [3.05, 3.63) is 0 Å². The second-order valence-corrected chi connectivity index (χ2v) is 8.83. The number of sulfone groups is 1. The van der Waals surface area contributed by atoms with Gasteiger partial charge in [-0.3, -0.25) is 9.59 Å². The van der Waals surface area contributed by atoms with Gasteiger partial charge in [-0.25, -0.2) is 8.42 Å². The Labute approximate surface area is 126 Å². The highest BCUT2D eigenvalue weighted by Crippen LogP contribution is 2.24. The number of carbonyl (C=O) groups is 2. The summed E-state index contributed by atoms with van der Waals surface area (Å²) < 4.78 is 23.0. The molecule has 0 aliphatic carbocycles. The van der Waals surface area contributed by atoms with Gasteiger partial charge in [0, 0.05) is 32.6 Å². The van der Waals surface area contributed by atoms with Crippen molar-refractivity contribution < 1.29 is 18.0 Å². The molecule has 2 heterocycles. The van der Waals surface area contributed by atoms with Crippen molar-refractivity contribution in [2.75, 3.05) is 31.6 Å². The standard InChI is InChI=1S/C14H24N2O4S/c1-10(2)7-16-8-11(6-13(16)17)14(18)15(3)12-4-5-21(19,20)9-12/h10-12H,4-9H2,1-3H3. The summed E-state index contributed by atoms with van der Waals surface area (Å²) in [5.41, 5.74) is 0. The largest absolute Gasteiger partial charge is 0.342 e. The van der Waals surface area contributed by atoms with Gasteiger partial charge in [-0.1, -0.05) is 13.8 Å². The van der Waals surface area contributed by atoms with Crippen LogP contribution in [0.25, 0.3) is 0 Å². The zero-order valence-corrected chi connectivity index (χ0v) is 13.7. The molecule has 120 valence electrons. The zero-order valence-electron chi connectivity index (χ0n) is 12.9. The molecule has 2 amide bonds. The van der Waals surface area contributed by atoms with Gasteiger partial charge in [-0.2, -0.15) is 0 Å². The third-order valence-corrected chi connectivity index (χ3v) is 6.00. The van der Waals surface area contributed by atoms with Gasteiger partial charge in [-0.15, -0.1) is 0 Å². The van der Waals surface area contributed by atoms with E-state index in [4.69, 9.17) is 0 Å². The van der Waals surface area contributed by atoms with Crippen LogP contribution in [0.2, 0.25) is 0 Å². The van der Waals surface area contributed by atoms with Gasteiger partial charge in [0.05, 0.1) is 17.4 Å². The first-order valence-electron chi connectivity index (χ1n) is 7.44. The second-order valence-electron chi connectivity index (χ2n) is 6.60. The van der Waals surface area contributed by atoms with E-state index in [9.17, 15) is 18.0 Å². The monoisotopic (exact) mass is 316 g/mol. The molecule has 0 radical (unpaired) electrons. The quantitative estimate of drug-likeness (QED) is 0.739. The molecule has 6 nitrogen and oxygen atoms in total. The van der Waals surface area contributed by atoms with Crippen LogP contribution in [-0.2, 0) is 19.4 Å². The topological polar surface area (TPSA) is 74.8 Å². The van der Waals surface area contributed by atoms with Crippen LogP contribution < -0.4 is 0 Å². The molecule has 2 aliphatic rings. The number of hydrogen-bond acceptors (Lipinski definition) is 4. The highest BCUT2D eigenvalue weighted by Gasteiger charge is 2.39. The summed E-state index contributed by atoms with van der Waals surface area (Å²) in [6, 6.07) is -0.239. The van der Waals surface area contributed by atoms with Gasteiger partial charge >= 0.3 is 0 Å². The molecule has 0 aromatic carbocycles. The van der Waals surface area contributed by atoms with Crippen molar-refractivity contribution >= 4 is 21.7 Å². The molecule has 2 unspecified atom stereocenters. The van der Waals surface area contributed by atoms with Gasteiger partial charge in [0.25, 0.3) is 0 Å². The minimum atomic E-state index is -3.01. The molecule has 2 rings (SSSR count). The molecule has 0 bridgehead atoms. The molecule has 0 aromatic rings. The third kappa shape index (κ3) is 3.75. The van der Waals surface area contributed by atoms with E-state index in [1.54, 1.807) is 16.8 Å². The predicted octanol–water partition coefficient (Wildman–Crippen LogP) is 0.136. The van der Waals surface area contributed by atoms with Gasteiger partial charge in [0.15, 0.2) is 9.84 Å². The lowest BCUT2D eigenvalue weighted by Gasteiger charge is -2.26. The van der Waals surface area contributed by atoms with Crippen LogP contribution in [0.3, 0.4) is 0 Å². The summed E-state index contributed by atoms with van der Waals surface area (Å²) in [4.78, 5) is 27.7. The first-order chi connectivity index (χ1) is 9.69. The zero-order chi connectivity index (χ0) is 15.8. The van der Waals surface area contributed by atoms with Crippen molar-refractivity contribution in [1.29, 1.82) is 0 Å². The molecule has 7 heteroatoms. The predicted molar refractivity (Wildman–Crippen MR) is 79.4 cm³/mol. The van der Waals surface area contributed by atoms with Crippen LogP contribution in [0.1, 0.15) is 26.7 Å². The Balaban J connectivity index is 1.96. The fourth-order valence-electron chi connectivity index (χ4n) is 3.10. The Morgan fingerprint density at radius 2 is 2.10 bits per heavy atom. The Bertz CT molecular complexity index is 529. The van der Waals surface area contributed by atoms with E-state index in [0.29, 0.717) is 25.4 Å². The van der Waals surface area contributed by atoms with Crippen molar-refractivity contribution in [1.82, 2.24) is 9.80 Å². The molecule has 2 aliphatic heterocycles. The highest BCUT2D eigenvalue weighted by molar-refractivity contribution is 7.91. The number of likely N-dealkylation sites (tertiary alicyclic amines) is 1. The molecule has 2 saturated heterocycles. The summed E-state index contributed by atoms with van der Waals surface area (Å²) in [7, 11) is -1.35. The van der Waals surface area contributed by atoms with Crippen molar-refractivity contribution in [2.45, 2.75) is 32.7 Å². The lowest BCUT2D eigenvalue weighted by atomic mass is 10.1. The fraction of sp³-hybridized carbons (Fsp3) is 0.857. The van der Waals surface area contributed by atoms with Crippen LogP contribution in [0, 0.1) is 11.8 Å². The van der Waals surface area contributed by atoms with Crippen LogP contribution in [0.15, 0.2) is 0 Å². The Morgan fingerprint density at radius 1 is 1.43 bits per heavy atom. The second kappa shape index (κ2) is 5.94. The maximum Gasteiger partial charge on any atom is 0.228 e. The van der Waals surface area contributed by atoms with Gasteiger partial charge in [-0.05, 0) is 12.3 Å². The Hall–Kier alpha value is -1.11. The fourth-order valence-corrected chi connectivity index (χ4v) is 4.88. The first-order valence-corrected chi connectivity index (χ1v) is 9.26. The van der Waals surface area contributed by atoms with E-state index >= 15 is 0 Å². The SMILES string of the molecule is CC(C)CN1CC(C(=O)N(C)C2CCS(=O)(=O)C2)CC1=O. The van der Waals surface area contributed by atoms with E-state index in [1.807, 2.05) is 13.8 Å². The minimum absolute atomic E-state index is 0.0227. The number of hydrogen-bond donors (Lipinski definition) is 0. The third-order valence-electron chi connectivity index (χ3n) is 4.25. The summed E-state index contributed by atoms with van der Waals surface area (Å²) in [6.45, 7) is 5.21. The number of nitrogens with zero attached hydrogens (tertiary/aromatic N) is 2. The summed E-state index contributed by atoms with van der Waals surface area (Å²) in [6.07, 6.45) is 0.746. The van der Waals surface area contributed by atoms with E-state index in [2.05, 4.69) is 0 Å². The molecule has 21 heavy (non-hydrogen) atoms. The smallest absolute Gasteiger partial charge is 0.228 e. The average Bonchev–Trinajstić information content (AvgIpc) is 2.91. The molecule has 0 saturated carbocycles. The van der Waals surface area contributed by atoms with Gasteiger partial charge in [0.1, 0.15) is 0 Å². The average molecular weight is 316 g/mol. The normalized spacial score (nSPS) is 28.4. The summed E-state index contributed by atoms with van der Waals surface area (Å²) >= 11 is 0. The summed E-state index contributed by atoms with van der Waals surface area (Å²) in [5.74, 6) is 0.167. The highest BCUT2D eigenvalue weighted by atomic mass is 32.2. The van der Waals surface area contributed by atoms with Crippen molar-refractivity contribution in [3.63, 3.8) is 0 Å². The molecule has 2 atom stereocenters. The summed E-state index contributed by atoms with van der Waals surface area (Å²) in [5, 5.41) is 0.